The Bertz CT molecular complexity index is 542. The van der Waals surface area contributed by atoms with Crippen LogP contribution in [0.1, 0.15) is 18.1 Å². The molecule has 0 unspecified atom stereocenters. The summed E-state index contributed by atoms with van der Waals surface area (Å²) in [6.45, 7) is 1.90. The van der Waals surface area contributed by atoms with Crippen molar-refractivity contribution in [3.63, 3.8) is 0 Å². The summed E-state index contributed by atoms with van der Waals surface area (Å²) in [7, 11) is 0. The fourth-order valence-corrected chi connectivity index (χ4v) is 1.73. The van der Waals surface area contributed by atoms with Gasteiger partial charge < -0.3 is 10.2 Å². The molecule has 0 aromatic heterocycles. The SMILES string of the molecule is CC(=Cc1ccccc1)c1cccc(O)c1O. The number of phenols is 2. The molecule has 0 aliphatic carbocycles. The van der Waals surface area contributed by atoms with Gasteiger partial charge in [-0.05, 0) is 24.1 Å². The molecule has 0 saturated heterocycles. The smallest absolute Gasteiger partial charge is 0.165 e. The minimum absolute atomic E-state index is 0.0721. The molecule has 0 spiro atoms. The largest absolute Gasteiger partial charge is 0.504 e. The van der Waals surface area contributed by atoms with Crippen LogP contribution in [0, 0.1) is 0 Å². The zero-order valence-electron chi connectivity index (χ0n) is 9.59. The topological polar surface area (TPSA) is 40.5 Å². The first-order valence-corrected chi connectivity index (χ1v) is 5.43. The van der Waals surface area contributed by atoms with Crippen molar-refractivity contribution in [1.29, 1.82) is 0 Å². The molecule has 0 amide bonds. The first-order chi connectivity index (χ1) is 8.18. The predicted octanol–water partition coefficient (Wildman–Crippen LogP) is 3.66. The van der Waals surface area contributed by atoms with E-state index in [0.717, 1.165) is 11.1 Å². The van der Waals surface area contributed by atoms with Gasteiger partial charge in [-0.25, -0.2) is 0 Å². The Hall–Kier alpha value is -2.22. The molecule has 17 heavy (non-hydrogen) atoms. The number of rotatable bonds is 2. The van der Waals surface area contributed by atoms with Crippen LogP contribution in [0.25, 0.3) is 11.6 Å². The van der Waals surface area contributed by atoms with Gasteiger partial charge in [0, 0.05) is 5.56 Å². The number of para-hydroxylation sites is 1. The second-order valence-electron chi connectivity index (χ2n) is 3.91. The van der Waals surface area contributed by atoms with E-state index >= 15 is 0 Å². The molecule has 0 aliphatic heterocycles. The zero-order chi connectivity index (χ0) is 12.3. The molecule has 0 radical (unpaired) electrons. The molecule has 0 heterocycles. The van der Waals surface area contributed by atoms with Crippen molar-refractivity contribution in [3.8, 4) is 11.5 Å². The lowest BCUT2D eigenvalue weighted by Crippen LogP contribution is -1.82. The quantitative estimate of drug-likeness (QED) is 0.606. The van der Waals surface area contributed by atoms with E-state index in [0.29, 0.717) is 5.56 Å². The molecule has 2 N–H and O–H groups in total. The summed E-state index contributed by atoms with van der Waals surface area (Å²) in [5, 5.41) is 19.2. The fourth-order valence-electron chi connectivity index (χ4n) is 1.73. The third-order valence-corrected chi connectivity index (χ3v) is 2.62. The third-order valence-electron chi connectivity index (χ3n) is 2.62. The van der Waals surface area contributed by atoms with Gasteiger partial charge in [0.2, 0.25) is 0 Å². The monoisotopic (exact) mass is 226 g/mol. The van der Waals surface area contributed by atoms with Gasteiger partial charge in [-0.15, -0.1) is 0 Å². The molecule has 2 nitrogen and oxygen atoms in total. The lowest BCUT2D eigenvalue weighted by molar-refractivity contribution is 0.402. The van der Waals surface area contributed by atoms with E-state index in [4.69, 9.17) is 0 Å². The van der Waals surface area contributed by atoms with Crippen LogP contribution in [-0.2, 0) is 0 Å². The minimum Gasteiger partial charge on any atom is -0.504 e. The fraction of sp³-hybridized carbons (Fsp3) is 0.0667. The highest BCUT2D eigenvalue weighted by Crippen LogP contribution is 2.33. The van der Waals surface area contributed by atoms with E-state index in [-0.39, 0.29) is 11.5 Å². The van der Waals surface area contributed by atoms with Gasteiger partial charge in [0.1, 0.15) is 0 Å². The summed E-state index contributed by atoms with van der Waals surface area (Å²) in [4.78, 5) is 0. The van der Waals surface area contributed by atoms with Crippen LogP contribution in [0.3, 0.4) is 0 Å². The van der Waals surface area contributed by atoms with Crippen molar-refractivity contribution in [2.75, 3.05) is 0 Å². The van der Waals surface area contributed by atoms with Crippen molar-refractivity contribution >= 4 is 11.6 Å². The van der Waals surface area contributed by atoms with E-state index in [1.54, 1.807) is 12.1 Å². The Balaban J connectivity index is 2.41. The van der Waals surface area contributed by atoms with Crippen LogP contribution in [0.2, 0.25) is 0 Å². The third kappa shape index (κ3) is 2.48. The summed E-state index contributed by atoms with van der Waals surface area (Å²) < 4.78 is 0. The van der Waals surface area contributed by atoms with Crippen molar-refractivity contribution in [2.24, 2.45) is 0 Å². The zero-order valence-corrected chi connectivity index (χ0v) is 9.59. The van der Waals surface area contributed by atoms with E-state index in [1.165, 1.54) is 6.07 Å². The van der Waals surface area contributed by atoms with Crippen LogP contribution in [-0.4, -0.2) is 10.2 Å². The Morgan fingerprint density at radius 1 is 0.941 bits per heavy atom. The molecule has 2 heteroatoms. The Morgan fingerprint density at radius 3 is 2.35 bits per heavy atom. The molecule has 2 rings (SSSR count). The van der Waals surface area contributed by atoms with Gasteiger partial charge in [0.05, 0.1) is 0 Å². The number of allylic oxidation sites excluding steroid dienone is 1. The Kier molecular flexibility index (Phi) is 3.15. The second kappa shape index (κ2) is 4.74. The maximum atomic E-state index is 9.76. The van der Waals surface area contributed by atoms with Crippen molar-refractivity contribution in [2.45, 2.75) is 6.92 Å². The van der Waals surface area contributed by atoms with Crippen molar-refractivity contribution in [1.82, 2.24) is 0 Å². The van der Waals surface area contributed by atoms with E-state index in [2.05, 4.69) is 0 Å². The first-order valence-electron chi connectivity index (χ1n) is 5.43. The lowest BCUT2D eigenvalue weighted by Gasteiger charge is -2.06. The number of hydrogen-bond acceptors (Lipinski definition) is 2. The second-order valence-corrected chi connectivity index (χ2v) is 3.91. The van der Waals surface area contributed by atoms with Crippen LogP contribution >= 0.6 is 0 Å². The van der Waals surface area contributed by atoms with Gasteiger partial charge in [0.25, 0.3) is 0 Å². The maximum absolute atomic E-state index is 9.76. The summed E-state index contributed by atoms with van der Waals surface area (Å²) in [6.07, 6.45) is 1.97. The van der Waals surface area contributed by atoms with Crippen LogP contribution in [0.4, 0.5) is 0 Å². The molecular formula is C15H14O2. The summed E-state index contributed by atoms with van der Waals surface area (Å²) >= 11 is 0. The van der Waals surface area contributed by atoms with Crippen LogP contribution in [0.15, 0.2) is 48.5 Å². The van der Waals surface area contributed by atoms with Gasteiger partial charge in [-0.3, -0.25) is 0 Å². The average molecular weight is 226 g/mol. The number of benzene rings is 2. The highest BCUT2D eigenvalue weighted by atomic mass is 16.3. The van der Waals surface area contributed by atoms with Gasteiger partial charge in [-0.1, -0.05) is 48.5 Å². The lowest BCUT2D eigenvalue weighted by atomic mass is 10.0. The standard InChI is InChI=1S/C15H14O2/c1-11(10-12-6-3-2-4-7-12)13-8-5-9-14(16)15(13)17/h2-10,16-17H,1H3. The molecule has 0 atom stereocenters. The first kappa shape index (κ1) is 11.3. The van der Waals surface area contributed by atoms with E-state index in [1.807, 2.05) is 43.3 Å². The number of hydrogen-bond donors (Lipinski definition) is 2. The number of aromatic hydroxyl groups is 2. The van der Waals surface area contributed by atoms with Gasteiger partial charge >= 0.3 is 0 Å². The van der Waals surface area contributed by atoms with Crippen molar-refractivity contribution in [3.05, 3.63) is 59.7 Å². The predicted molar refractivity (Wildman–Crippen MR) is 69.8 cm³/mol. The molecule has 2 aromatic carbocycles. The summed E-state index contributed by atoms with van der Waals surface area (Å²) in [5.41, 5.74) is 2.62. The molecule has 0 saturated carbocycles. The minimum atomic E-state index is -0.0942. The Morgan fingerprint density at radius 2 is 1.65 bits per heavy atom. The Labute approximate surface area is 100 Å². The highest BCUT2D eigenvalue weighted by Gasteiger charge is 2.06. The molecular weight excluding hydrogens is 212 g/mol. The molecule has 86 valence electrons. The van der Waals surface area contributed by atoms with Crippen LogP contribution < -0.4 is 0 Å². The highest BCUT2D eigenvalue weighted by molar-refractivity contribution is 5.83. The summed E-state index contributed by atoms with van der Waals surface area (Å²) in [6, 6.07) is 14.8. The molecule has 2 aromatic rings. The van der Waals surface area contributed by atoms with E-state index in [9.17, 15) is 10.2 Å². The molecule has 0 bridgehead atoms. The van der Waals surface area contributed by atoms with Gasteiger partial charge in [0.15, 0.2) is 11.5 Å². The van der Waals surface area contributed by atoms with E-state index < -0.39 is 0 Å². The molecule has 0 aliphatic rings. The normalized spacial score (nSPS) is 11.5. The van der Waals surface area contributed by atoms with Crippen LogP contribution in [0.5, 0.6) is 11.5 Å². The van der Waals surface area contributed by atoms with Crippen molar-refractivity contribution < 1.29 is 10.2 Å². The molecule has 0 fully saturated rings. The van der Waals surface area contributed by atoms with Gasteiger partial charge in [-0.2, -0.15) is 0 Å². The average Bonchev–Trinajstić information content (AvgIpc) is 2.34. The maximum Gasteiger partial charge on any atom is 0.165 e. The number of phenolic OH excluding ortho intramolecular Hbond substituents is 2. The summed E-state index contributed by atoms with van der Waals surface area (Å²) in [5.74, 6) is -0.166.